The predicted octanol–water partition coefficient (Wildman–Crippen LogP) is 5.16. The molecule has 4 nitrogen and oxygen atoms in total. The van der Waals surface area contributed by atoms with Gasteiger partial charge >= 0.3 is 6.80 Å². The molecule has 112 valence electrons. The van der Waals surface area contributed by atoms with Gasteiger partial charge in [0.15, 0.2) is 5.75 Å². The lowest BCUT2D eigenvalue weighted by Crippen LogP contribution is -1.91. The lowest BCUT2D eigenvalue weighted by atomic mass is 10.2. The minimum absolute atomic E-state index is 0.231. The fourth-order valence-corrected chi connectivity index (χ4v) is 4.65. The van der Waals surface area contributed by atoms with E-state index in [2.05, 4.69) is 4.98 Å². The minimum atomic E-state index is -3.92. The molecule has 3 aromatic rings. The zero-order chi connectivity index (χ0) is 15.6. The van der Waals surface area contributed by atoms with Gasteiger partial charge in [0.1, 0.15) is 5.52 Å². The summed E-state index contributed by atoms with van der Waals surface area (Å²) in [4.78, 5) is 14.9. The molecule has 0 radical (unpaired) electrons. The van der Waals surface area contributed by atoms with Crippen LogP contribution < -0.4 is 4.52 Å². The lowest BCUT2D eigenvalue weighted by Gasteiger charge is -2.14. The molecule has 0 aliphatic heterocycles. The average Bonchev–Trinajstić information content (AvgIpc) is 2.51. The van der Waals surface area contributed by atoms with Crippen LogP contribution in [-0.2, 0) is 4.57 Å². The topological polar surface area (TPSA) is 59.4 Å². The predicted molar refractivity (Wildman–Crippen MR) is 89.5 cm³/mol. The Kier molecular flexibility index (Phi) is 4.41. The third-order valence-corrected chi connectivity index (χ3v) is 5.88. The molecule has 1 aromatic heterocycles. The number of hydrogen-bond acceptors (Lipinski definition) is 4. The number of halogens is 1. The summed E-state index contributed by atoms with van der Waals surface area (Å²) in [5, 5.41) is 1.19. The largest absolute Gasteiger partial charge is 0.442 e. The highest BCUT2D eigenvalue weighted by molar-refractivity contribution is 8.54. The summed E-state index contributed by atoms with van der Waals surface area (Å²) in [5.41, 5.74) is 0.456. The smallest absolute Gasteiger partial charge is 0.415 e. The maximum atomic E-state index is 12.3. The number of hydrogen-bond donors (Lipinski definition) is 1. The second-order valence-corrected chi connectivity index (χ2v) is 8.52. The van der Waals surface area contributed by atoms with Crippen molar-refractivity contribution in [1.29, 1.82) is 0 Å². The van der Waals surface area contributed by atoms with E-state index in [1.165, 1.54) is 0 Å². The van der Waals surface area contributed by atoms with Crippen molar-refractivity contribution < 1.29 is 14.0 Å². The fourth-order valence-electron chi connectivity index (χ4n) is 1.94. The summed E-state index contributed by atoms with van der Waals surface area (Å²) in [7, 11) is 0. The quantitative estimate of drug-likeness (QED) is 0.658. The molecular formula is C15H11ClNO3PS. The van der Waals surface area contributed by atoms with Gasteiger partial charge in [0.25, 0.3) is 0 Å². The van der Waals surface area contributed by atoms with Crippen molar-refractivity contribution in [3.63, 3.8) is 0 Å². The number of benzene rings is 2. The molecule has 1 heterocycles. The molecule has 0 bridgehead atoms. The highest BCUT2D eigenvalue weighted by Gasteiger charge is 2.24. The molecule has 1 N–H and O–H groups in total. The third-order valence-electron chi connectivity index (χ3n) is 2.86. The van der Waals surface area contributed by atoms with E-state index in [0.29, 0.717) is 20.8 Å². The molecule has 22 heavy (non-hydrogen) atoms. The number of rotatable bonds is 4. The van der Waals surface area contributed by atoms with E-state index in [1.807, 2.05) is 6.07 Å². The Morgan fingerprint density at radius 3 is 2.64 bits per heavy atom. The van der Waals surface area contributed by atoms with Gasteiger partial charge in [0, 0.05) is 27.9 Å². The van der Waals surface area contributed by atoms with Gasteiger partial charge in [-0.15, -0.1) is 0 Å². The molecule has 7 heteroatoms. The van der Waals surface area contributed by atoms with Gasteiger partial charge in [-0.3, -0.25) is 4.98 Å². The Labute approximate surface area is 136 Å². The molecule has 0 aliphatic carbocycles. The Hall–Kier alpha value is -1.52. The number of fused-ring (bicyclic) bond motifs is 1. The normalized spacial score (nSPS) is 13.7. The van der Waals surface area contributed by atoms with Crippen molar-refractivity contribution in [2.45, 2.75) is 4.90 Å². The Morgan fingerprint density at radius 1 is 1.09 bits per heavy atom. The molecule has 1 unspecified atom stereocenters. The highest BCUT2D eigenvalue weighted by Crippen LogP contribution is 2.59. The van der Waals surface area contributed by atoms with Crippen LogP contribution in [0.5, 0.6) is 5.75 Å². The van der Waals surface area contributed by atoms with Crippen LogP contribution >= 0.6 is 29.8 Å². The van der Waals surface area contributed by atoms with Gasteiger partial charge < -0.3 is 9.42 Å². The van der Waals surface area contributed by atoms with Crippen molar-refractivity contribution >= 4 is 40.7 Å². The average molecular weight is 352 g/mol. The second kappa shape index (κ2) is 6.31. The van der Waals surface area contributed by atoms with Crippen LogP contribution in [0.25, 0.3) is 10.9 Å². The van der Waals surface area contributed by atoms with Crippen LogP contribution in [0.15, 0.2) is 65.7 Å². The van der Waals surface area contributed by atoms with Gasteiger partial charge in [-0.05, 0) is 36.4 Å². The fraction of sp³-hybridized carbons (Fsp3) is 0. The van der Waals surface area contributed by atoms with Gasteiger partial charge in [-0.25, -0.2) is 4.57 Å². The van der Waals surface area contributed by atoms with E-state index in [-0.39, 0.29) is 5.75 Å². The first-order valence-electron chi connectivity index (χ1n) is 6.35. The minimum Gasteiger partial charge on any atom is -0.415 e. The van der Waals surface area contributed by atoms with E-state index < -0.39 is 6.80 Å². The zero-order valence-corrected chi connectivity index (χ0v) is 13.7. The molecule has 0 fully saturated rings. The van der Waals surface area contributed by atoms with Gasteiger partial charge in [-0.2, -0.15) is 0 Å². The summed E-state index contributed by atoms with van der Waals surface area (Å²) in [6.07, 6.45) is 1.58. The standard InChI is InChI=1S/C15H11ClNO3PS/c16-13-8-9-14(15-12(13)7-4-10-17-15)20-21(18,19)22-11-5-2-1-3-6-11/h1-10H,(H,18,19). The van der Waals surface area contributed by atoms with Crippen LogP contribution in [-0.4, -0.2) is 9.88 Å². The van der Waals surface area contributed by atoms with Crippen molar-refractivity contribution in [3.8, 4) is 5.75 Å². The summed E-state index contributed by atoms with van der Waals surface area (Å²) >= 11 is 6.88. The van der Waals surface area contributed by atoms with Crippen LogP contribution in [0.2, 0.25) is 5.02 Å². The SMILES string of the molecule is O=P(O)(Oc1ccc(Cl)c2cccnc12)Sc1ccccc1. The highest BCUT2D eigenvalue weighted by atomic mass is 35.5. The van der Waals surface area contributed by atoms with E-state index >= 15 is 0 Å². The first kappa shape index (κ1) is 15.4. The molecule has 0 saturated heterocycles. The van der Waals surface area contributed by atoms with Crippen molar-refractivity contribution in [2.24, 2.45) is 0 Å². The van der Waals surface area contributed by atoms with E-state index in [9.17, 15) is 9.46 Å². The molecule has 0 saturated carbocycles. The Balaban J connectivity index is 1.92. The first-order chi connectivity index (χ1) is 10.6. The Morgan fingerprint density at radius 2 is 1.86 bits per heavy atom. The molecule has 0 spiro atoms. The van der Waals surface area contributed by atoms with Crippen molar-refractivity contribution in [3.05, 3.63) is 65.8 Å². The van der Waals surface area contributed by atoms with Gasteiger partial charge in [0.05, 0.1) is 5.02 Å². The van der Waals surface area contributed by atoms with Gasteiger partial charge in [0.2, 0.25) is 0 Å². The molecule has 0 amide bonds. The molecular weight excluding hydrogens is 341 g/mol. The molecule has 3 rings (SSSR count). The lowest BCUT2D eigenvalue weighted by molar-refractivity contribution is 0.404. The van der Waals surface area contributed by atoms with E-state index in [4.69, 9.17) is 16.1 Å². The van der Waals surface area contributed by atoms with Crippen LogP contribution in [0.3, 0.4) is 0 Å². The Bertz CT molecular complexity index is 860. The first-order valence-corrected chi connectivity index (χ1v) is 9.73. The number of aromatic nitrogens is 1. The van der Waals surface area contributed by atoms with Crippen molar-refractivity contribution in [2.75, 3.05) is 0 Å². The van der Waals surface area contributed by atoms with Crippen LogP contribution in [0.1, 0.15) is 0 Å². The van der Waals surface area contributed by atoms with Crippen LogP contribution in [0.4, 0.5) is 0 Å². The van der Waals surface area contributed by atoms with E-state index in [1.54, 1.807) is 54.7 Å². The summed E-state index contributed by atoms with van der Waals surface area (Å²) in [5.74, 6) is 0.231. The van der Waals surface area contributed by atoms with Crippen LogP contribution in [0, 0.1) is 0 Å². The number of pyridine rings is 1. The summed E-state index contributed by atoms with van der Waals surface area (Å²) < 4.78 is 17.6. The van der Waals surface area contributed by atoms with Crippen molar-refractivity contribution in [1.82, 2.24) is 4.98 Å². The zero-order valence-electron chi connectivity index (χ0n) is 11.2. The second-order valence-electron chi connectivity index (χ2n) is 4.41. The van der Waals surface area contributed by atoms with E-state index in [0.717, 1.165) is 11.4 Å². The monoisotopic (exact) mass is 351 g/mol. The molecule has 2 aromatic carbocycles. The summed E-state index contributed by atoms with van der Waals surface area (Å²) in [6.45, 7) is -3.92. The molecule has 0 aliphatic rings. The maximum Gasteiger partial charge on any atom is 0.442 e. The molecule has 1 atom stereocenters. The third kappa shape index (κ3) is 3.45. The summed E-state index contributed by atoms with van der Waals surface area (Å²) in [6, 6.07) is 15.6. The maximum absolute atomic E-state index is 12.3. The van der Waals surface area contributed by atoms with Gasteiger partial charge in [-0.1, -0.05) is 29.8 Å². The number of nitrogens with zero attached hydrogens (tertiary/aromatic N) is 1.